The summed E-state index contributed by atoms with van der Waals surface area (Å²) in [7, 11) is 0. The number of furan rings is 1. The van der Waals surface area contributed by atoms with E-state index in [2.05, 4.69) is 28.5 Å². The summed E-state index contributed by atoms with van der Waals surface area (Å²) in [4.78, 5) is 0. The van der Waals surface area contributed by atoms with Crippen molar-refractivity contribution >= 4 is 5.65 Å². The van der Waals surface area contributed by atoms with E-state index in [0.29, 0.717) is 6.04 Å². The number of hydrogen-bond acceptors (Lipinski definition) is 4. The van der Waals surface area contributed by atoms with Crippen LogP contribution >= 0.6 is 0 Å². The maximum absolute atomic E-state index is 5.56. The van der Waals surface area contributed by atoms with Gasteiger partial charge in [-0.05, 0) is 38.0 Å². The van der Waals surface area contributed by atoms with E-state index in [1.165, 1.54) is 5.56 Å². The number of fused-ring (bicyclic) bond motifs is 2. The lowest BCUT2D eigenvalue weighted by molar-refractivity contribution is 0.378. The van der Waals surface area contributed by atoms with Crippen LogP contribution in [0.15, 0.2) is 41.1 Å². The molecule has 0 bridgehead atoms. The molecule has 108 valence electrons. The molecular formula is C16H18N4O. The molecule has 0 radical (unpaired) electrons. The lowest BCUT2D eigenvalue weighted by atomic mass is 9.93. The second-order valence-electron chi connectivity index (χ2n) is 5.62. The second-order valence-corrected chi connectivity index (χ2v) is 5.62. The lowest BCUT2D eigenvalue weighted by Gasteiger charge is -2.25. The maximum atomic E-state index is 5.56. The van der Waals surface area contributed by atoms with Crippen LogP contribution in [0.3, 0.4) is 0 Å². The van der Waals surface area contributed by atoms with Gasteiger partial charge in [0, 0.05) is 24.2 Å². The van der Waals surface area contributed by atoms with Crippen LogP contribution in [0.5, 0.6) is 0 Å². The van der Waals surface area contributed by atoms with E-state index in [1.54, 1.807) is 6.26 Å². The Kier molecular flexibility index (Phi) is 3.00. The van der Waals surface area contributed by atoms with Crippen LogP contribution in [0.4, 0.5) is 0 Å². The van der Waals surface area contributed by atoms with E-state index >= 15 is 0 Å². The van der Waals surface area contributed by atoms with Crippen molar-refractivity contribution in [1.82, 2.24) is 19.9 Å². The van der Waals surface area contributed by atoms with Crippen molar-refractivity contribution in [1.29, 1.82) is 0 Å². The first-order chi connectivity index (χ1) is 10.3. The highest BCUT2D eigenvalue weighted by atomic mass is 16.3. The first kappa shape index (κ1) is 12.6. The normalized spacial score (nSPS) is 19.6. The van der Waals surface area contributed by atoms with Crippen LogP contribution in [0.2, 0.25) is 0 Å². The van der Waals surface area contributed by atoms with Gasteiger partial charge in [0.05, 0.1) is 12.3 Å². The number of nitrogens with zero attached hydrogens (tertiary/aromatic N) is 3. The van der Waals surface area contributed by atoms with Crippen molar-refractivity contribution in [2.24, 2.45) is 0 Å². The molecule has 1 N–H and O–H groups in total. The molecule has 0 aromatic carbocycles. The lowest BCUT2D eigenvalue weighted by Crippen LogP contribution is -2.28. The summed E-state index contributed by atoms with van der Waals surface area (Å²) in [5.41, 5.74) is 2.18. The highest BCUT2D eigenvalue weighted by Gasteiger charge is 2.25. The number of rotatable bonds is 3. The summed E-state index contributed by atoms with van der Waals surface area (Å²) in [5.74, 6) is 2.07. The molecule has 0 saturated heterocycles. The van der Waals surface area contributed by atoms with Crippen molar-refractivity contribution in [2.45, 2.75) is 38.3 Å². The molecule has 0 spiro atoms. The Hall–Kier alpha value is -2.14. The summed E-state index contributed by atoms with van der Waals surface area (Å²) < 4.78 is 7.59. The third kappa shape index (κ3) is 2.14. The predicted molar refractivity (Wildman–Crippen MR) is 78.9 cm³/mol. The Bertz CT molecular complexity index is 760. The van der Waals surface area contributed by atoms with E-state index in [0.717, 1.165) is 36.5 Å². The summed E-state index contributed by atoms with van der Waals surface area (Å²) in [6.45, 7) is 2.14. The smallest absolute Gasteiger partial charge is 0.160 e. The highest BCUT2D eigenvalue weighted by Crippen LogP contribution is 2.32. The molecule has 4 rings (SSSR count). The van der Waals surface area contributed by atoms with Gasteiger partial charge in [0.1, 0.15) is 5.76 Å². The average Bonchev–Trinajstić information content (AvgIpc) is 3.14. The van der Waals surface area contributed by atoms with Gasteiger partial charge in [-0.2, -0.15) is 0 Å². The SMILES string of the molecule is CC(NC1CCCc2occc21)c1nnc2ccccn12. The van der Waals surface area contributed by atoms with Crippen LogP contribution in [0.1, 0.15) is 49.0 Å². The maximum Gasteiger partial charge on any atom is 0.160 e. The van der Waals surface area contributed by atoms with Crippen molar-refractivity contribution in [3.63, 3.8) is 0 Å². The van der Waals surface area contributed by atoms with E-state index in [9.17, 15) is 0 Å². The first-order valence-corrected chi connectivity index (χ1v) is 7.45. The van der Waals surface area contributed by atoms with Crippen molar-refractivity contribution < 1.29 is 4.42 Å². The predicted octanol–water partition coefficient (Wildman–Crippen LogP) is 3.05. The largest absolute Gasteiger partial charge is 0.469 e. The van der Waals surface area contributed by atoms with Gasteiger partial charge in [-0.25, -0.2) is 0 Å². The Morgan fingerprint density at radius 3 is 3.24 bits per heavy atom. The number of aromatic nitrogens is 3. The fourth-order valence-corrected chi connectivity index (χ4v) is 3.19. The van der Waals surface area contributed by atoms with E-state index < -0.39 is 0 Å². The molecule has 0 saturated carbocycles. The quantitative estimate of drug-likeness (QED) is 0.802. The molecule has 0 fully saturated rings. The van der Waals surface area contributed by atoms with Gasteiger partial charge in [0.25, 0.3) is 0 Å². The molecule has 5 heteroatoms. The zero-order valence-electron chi connectivity index (χ0n) is 12.0. The third-order valence-corrected chi connectivity index (χ3v) is 4.23. The summed E-state index contributed by atoms with van der Waals surface area (Å²) in [5, 5.41) is 12.2. The monoisotopic (exact) mass is 282 g/mol. The van der Waals surface area contributed by atoms with Crippen molar-refractivity contribution in [2.75, 3.05) is 0 Å². The Labute approximate surface area is 123 Å². The van der Waals surface area contributed by atoms with Gasteiger partial charge in [0.15, 0.2) is 11.5 Å². The molecule has 0 aliphatic heterocycles. The van der Waals surface area contributed by atoms with E-state index in [-0.39, 0.29) is 6.04 Å². The zero-order valence-corrected chi connectivity index (χ0v) is 12.0. The van der Waals surface area contributed by atoms with E-state index in [4.69, 9.17) is 4.42 Å². The number of aryl methyl sites for hydroxylation is 1. The van der Waals surface area contributed by atoms with Gasteiger partial charge >= 0.3 is 0 Å². The molecule has 1 aliphatic carbocycles. The zero-order chi connectivity index (χ0) is 14.2. The minimum absolute atomic E-state index is 0.133. The fraction of sp³-hybridized carbons (Fsp3) is 0.375. The van der Waals surface area contributed by atoms with Crippen LogP contribution in [0.25, 0.3) is 5.65 Å². The van der Waals surface area contributed by atoms with Crippen LogP contribution in [-0.4, -0.2) is 14.6 Å². The first-order valence-electron chi connectivity index (χ1n) is 7.45. The molecule has 2 unspecified atom stereocenters. The van der Waals surface area contributed by atoms with Crippen molar-refractivity contribution in [3.05, 3.63) is 53.9 Å². The molecule has 3 heterocycles. The highest BCUT2D eigenvalue weighted by molar-refractivity contribution is 5.37. The van der Waals surface area contributed by atoms with Crippen LogP contribution in [-0.2, 0) is 6.42 Å². The van der Waals surface area contributed by atoms with Crippen LogP contribution in [0, 0.1) is 0 Å². The van der Waals surface area contributed by atoms with Gasteiger partial charge in [-0.1, -0.05) is 6.07 Å². The van der Waals surface area contributed by atoms with Crippen molar-refractivity contribution in [3.8, 4) is 0 Å². The molecule has 2 atom stereocenters. The summed E-state index contributed by atoms with van der Waals surface area (Å²) >= 11 is 0. The average molecular weight is 282 g/mol. The molecule has 5 nitrogen and oxygen atoms in total. The minimum atomic E-state index is 0.133. The van der Waals surface area contributed by atoms with Gasteiger partial charge in [-0.3, -0.25) is 4.40 Å². The third-order valence-electron chi connectivity index (χ3n) is 4.23. The molecule has 3 aromatic rings. The summed E-state index contributed by atoms with van der Waals surface area (Å²) in [6.07, 6.45) is 7.14. The fourth-order valence-electron chi connectivity index (χ4n) is 3.19. The van der Waals surface area contributed by atoms with E-state index in [1.807, 2.05) is 28.8 Å². The number of hydrogen-bond donors (Lipinski definition) is 1. The number of nitrogens with one attached hydrogen (secondary N) is 1. The van der Waals surface area contributed by atoms with Crippen LogP contribution < -0.4 is 5.32 Å². The topological polar surface area (TPSA) is 55.4 Å². The summed E-state index contributed by atoms with van der Waals surface area (Å²) in [6, 6.07) is 8.50. The standard InChI is InChI=1S/C16H18N4O/c1-11(16-19-18-15-7-2-3-9-20(15)16)17-13-5-4-6-14-12(13)8-10-21-14/h2-3,7-11,13,17H,4-6H2,1H3. The number of pyridine rings is 1. The molecule has 3 aromatic heterocycles. The molecule has 0 amide bonds. The van der Waals surface area contributed by atoms with Gasteiger partial charge < -0.3 is 9.73 Å². The Morgan fingerprint density at radius 2 is 2.29 bits per heavy atom. The Morgan fingerprint density at radius 1 is 1.33 bits per heavy atom. The molecular weight excluding hydrogens is 264 g/mol. The molecule has 1 aliphatic rings. The Balaban J connectivity index is 1.61. The van der Waals surface area contributed by atoms with Gasteiger partial charge in [-0.15, -0.1) is 10.2 Å². The molecule has 21 heavy (non-hydrogen) atoms. The minimum Gasteiger partial charge on any atom is -0.469 e. The second kappa shape index (κ2) is 5.00. The van der Waals surface area contributed by atoms with Gasteiger partial charge in [0.2, 0.25) is 0 Å².